The Kier molecular flexibility index (Phi) is 3.46. The molecular weight excluding hydrogens is 288 g/mol. The Hall–Kier alpha value is -2.59. The molecule has 0 saturated carbocycles. The monoisotopic (exact) mass is 298 g/mol. The summed E-state index contributed by atoms with van der Waals surface area (Å²) < 4.78 is 1.72. The van der Waals surface area contributed by atoms with Crippen LogP contribution in [0.4, 0.5) is 0 Å². The Balaban J connectivity index is 1.96. The molecule has 0 radical (unpaired) electrons. The third-order valence-corrected chi connectivity index (χ3v) is 3.37. The average Bonchev–Trinajstić information content (AvgIpc) is 2.98. The van der Waals surface area contributed by atoms with Crippen LogP contribution in [0.15, 0.2) is 60.9 Å². The summed E-state index contributed by atoms with van der Waals surface area (Å²) in [7, 11) is 0. The van der Waals surface area contributed by atoms with Gasteiger partial charge in [-0.25, -0.2) is 9.48 Å². The highest BCUT2D eigenvalue weighted by Crippen LogP contribution is 2.22. The van der Waals surface area contributed by atoms with Gasteiger partial charge in [-0.05, 0) is 42.0 Å². The van der Waals surface area contributed by atoms with Gasteiger partial charge in [0.1, 0.15) is 0 Å². The first-order valence-electron chi connectivity index (χ1n) is 6.28. The van der Waals surface area contributed by atoms with Crippen molar-refractivity contribution in [1.82, 2.24) is 9.78 Å². The highest BCUT2D eigenvalue weighted by Gasteiger charge is 2.07. The topological polar surface area (TPSA) is 55.1 Å². The number of hydrogen-bond acceptors (Lipinski definition) is 2. The zero-order valence-corrected chi connectivity index (χ0v) is 11.7. The fourth-order valence-corrected chi connectivity index (χ4v) is 2.16. The lowest BCUT2D eigenvalue weighted by atomic mass is 10.1. The van der Waals surface area contributed by atoms with Gasteiger partial charge in [0.15, 0.2) is 0 Å². The van der Waals surface area contributed by atoms with E-state index in [1.165, 1.54) is 0 Å². The van der Waals surface area contributed by atoms with E-state index >= 15 is 0 Å². The first-order valence-corrected chi connectivity index (χ1v) is 6.65. The molecule has 0 unspecified atom stereocenters. The van der Waals surface area contributed by atoms with Crippen LogP contribution in [0, 0.1) is 0 Å². The molecule has 2 aromatic carbocycles. The molecule has 1 heterocycles. The van der Waals surface area contributed by atoms with Gasteiger partial charge in [-0.3, -0.25) is 0 Å². The van der Waals surface area contributed by atoms with Gasteiger partial charge in [0.2, 0.25) is 0 Å². The summed E-state index contributed by atoms with van der Waals surface area (Å²) >= 11 is 5.86. The molecule has 0 spiro atoms. The van der Waals surface area contributed by atoms with E-state index in [1.54, 1.807) is 41.2 Å². The predicted molar refractivity (Wildman–Crippen MR) is 81.0 cm³/mol. The summed E-state index contributed by atoms with van der Waals surface area (Å²) in [5.74, 6) is -0.943. The van der Waals surface area contributed by atoms with Crippen molar-refractivity contribution in [2.75, 3.05) is 0 Å². The molecule has 0 amide bonds. The van der Waals surface area contributed by atoms with Gasteiger partial charge in [-0.15, -0.1) is 0 Å². The number of benzene rings is 2. The Morgan fingerprint density at radius 1 is 1.10 bits per heavy atom. The number of aromatic carboxylic acids is 1. The zero-order valence-electron chi connectivity index (χ0n) is 10.9. The van der Waals surface area contributed by atoms with Gasteiger partial charge in [0.25, 0.3) is 0 Å². The second-order valence-corrected chi connectivity index (χ2v) is 4.97. The van der Waals surface area contributed by atoms with Crippen molar-refractivity contribution in [2.45, 2.75) is 0 Å². The maximum atomic E-state index is 11.0. The molecule has 4 nitrogen and oxygen atoms in total. The van der Waals surface area contributed by atoms with Crippen LogP contribution in [0.1, 0.15) is 10.4 Å². The van der Waals surface area contributed by atoms with E-state index in [2.05, 4.69) is 5.10 Å². The van der Waals surface area contributed by atoms with Crippen molar-refractivity contribution in [1.29, 1.82) is 0 Å². The number of carbonyl (C=O) groups is 1. The molecule has 0 fully saturated rings. The molecule has 0 aliphatic rings. The summed E-state index contributed by atoms with van der Waals surface area (Å²) in [6, 6.07) is 14.1. The first kappa shape index (κ1) is 13.4. The van der Waals surface area contributed by atoms with E-state index in [4.69, 9.17) is 16.7 Å². The minimum absolute atomic E-state index is 0.256. The largest absolute Gasteiger partial charge is 0.478 e. The van der Waals surface area contributed by atoms with Crippen LogP contribution in [-0.4, -0.2) is 20.9 Å². The number of halogens is 1. The van der Waals surface area contributed by atoms with E-state index in [0.29, 0.717) is 5.02 Å². The highest BCUT2D eigenvalue weighted by molar-refractivity contribution is 6.30. The summed E-state index contributed by atoms with van der Waals surface area (Å²) in [4.78, 5) is 11.0. The first-order chi connectivity index (χ1) is 10.1. The second kappa shape index (κ2) is 5.42. The molecular formula is C16H11ClN2O2. The molecule has 3 rings (SSSR count). The number of carboxylic acids is 1. The molecule has 0 aliphatic heterocycles. The van der Waals surface area contributed by atoms with Crippen LogP contribution >= 0.6 is 11.6 Å². The van der Waals surface area contributed by atoms with Crippen molar-refractivity contribution < 1.29 is 9.90 Å². The number of hydrogen-bond donors (Lipinski definition) is 1. The normalized spacial score (nSPS) is 10.5. The summed E-state index contributed by atoms with van der Waals surface area (Å²) in [5.41, 5.74) is 2.81. The molecule has 0 aliphatic carbocycles. The quantitative estimate of drug-likeness (QED) is 0.798. The van der Waals surface area contributed by atoms with Gasteiger partial charge in [-0.2, -0.15) is 5.10 Å². The zero-order chi connectivity index (χ0) is 14.8. The summed E-state index contributed by atoms with van der Waals surface area (Å²) in [6.07, 6.45) is 3.56. The number of rotatable bonds is 3. The lowest BCUT2D eigenvalue weighted by Gasteiger charge is -2.01. The Bertz CT molecular complexity index is 794. The molecule has 5 heteroatoms. The van der Waals surface area contributed by atoms with Crippen LogP contribution in [0.2, 0.25) is 5.02 Å². The van der Waals surface area contributed by atoms with Crippen LogP contribution in [0.3, 0.4) is 0 Å². The number of aromatic nitrogens is 2. The van der Waals surface area contributed by atoms with Crippen molar-refractivity contribution in [3.05, 3.63) is 71.5 Å². The van der Waals surface area contributed by atoms with Crippen molar-refractivity contribution in [3.63, 3.8) is 0 Å². The Morgan fingerprint density at radius 2 is 1.86 bits per heavy atom. The van der Waals surface area contributed by atoms with Crippen molar-refractivity contribution in [3.8, 4) is 16.8 Å². The predicted octanol–water partition coefficient (Wildman–Crippen LogP) is 3.89. The number of carboxylic acid groups (broad SMARTS) is 1. The smallest absolute Gasteiger partial charge is 0.335 e. The molecule has 1 aromatic heterocycles. The Morgan fingerprint density at radius 3 is 2.57 bits per heavy atom. The maximum absolute atomic E-state index is 11.0. The van der Waals surface area contributed by atoms with E-state index in [9.17, 15) is 4.79 Å². The van der Waals surface area contributed by atoms with Crippen LogP contribution in [-0.2, 0) is 0 Å². The lowest BCUT2D eigenvalue weighted by Crippen LogP contribution is -1.95. The van der Waals surface area contributed by atoms with Gasteiger partial charge in [0.05, 0.1) is 17.4 Å². The molecule has 0 saturated heterocycles. The fourth-order valence-electron chi connectivity index (χ4n) is 2.04. The van der Waals surface area contributed by atoms with Crippen LogP contribution in [0.25, 0.3) is 16.8 Å². The van der Waals surface area contributed by atoms with Gasteiger partial charge in [-0.1, -0.05) is 23.7 Å². The maximum Gasteiger partial charge on any atom is 0.335 e. The molecule has 1 N–H and O–H groups in total. The summed E-state index contributed by atoms with van der Waals surface area (Å²) in [6.45, 7) is 0. The van der Waals surface area contributed by atoms with Gasteiger partial charge in [0, 0.05) is 16.8 Å². The molecule has 0 bridgehead atoms. The second-order valence-electron chi connectivity index (χ2n) is 4.54. The highest BCUT2D eigenvalue weighted by atomic mass is 35.5. The van der Waals surface area contributed by atoms with E-state index in [1.807, 2.05) is 24.4 Å². The van der Waals surface area contributed by atoms with E-state index < -0.39 is 5.97 Å². The third-order valence-electron chi connectivity index (χ3n) is 3.12. The van der Waals surface area contributed by atoms with Crippen molar-refractivity contribution in [2.24, 2.45) is 0 Å². The molecule has 104 valence electrons. The third kappa shape index (κ3) is 2.80. The fraction of sp³-hybridized carbons (Fsp3) is 0. The molecule has 3 aromatic rings. The number of nitrogens with zero attached hydrogens (tertiary/aromatic N) is 2. The SMILES string of the molecule is O=C(O)c1cccc(-c2cnn(-c3ccc(Cl)cc3)c2)c1. The van der Waals surface area contributed by atoms with Crippen LogP contribution in [0.5, 0.6) is 0 Å². The standard InChI is InChI=1S/C16H11ClN2O2/c17-14-4-6-15(7-5-14)19-10-13(9-18-19)11-2-1-3-12(8-11)16(20)21/h1-10H,(H,20,21). The van der Waals surface area contributed by atoms with Gasteiger partial charge < -0.3 is 5.11 Å². The minimum atomic E-state index is -0.943. The van der Waals surface area contributed by atoms with Crippen molar-refractivity contribution >= 4 is 17.6 Å². The van der Waals surface area contributed by atoms with Crippen LogP contribution < -0.4 is 0 Å². The minimum Gasteiger partial charge on any atom is -0.478 e. The van der Waals surface area contributed by atoms with Gasteiger partial charge >= 0.3 is 5.97 Å². The summed E-state index contributed by atoms with van der Waals surface area (Å²) in [5, 5.41) is 14.0. The lowest BCUT2D eigenvalue weighted by molar-refractivity contribution is 0.0697. The average molecular weight is 299 g/mol. The Labute approximate surface area is 126 Å². The van der Waals surface area contributed by atoms with E-state index in [0.717, 1.165) is 16.8 Å². The molecule has 0 atom stereocenters. The molecule has 21 heavy (non-hydrogen) atoms. The van der Waals surface area contributed by atoms with E-state index in [-0.39, 0.29) is 5.56 Å².